The zero-order chi connectivity index (χ0) is 77.1. The maximum absolute atomic E-state index is 10.4. The summed E-state index contributed by atoms with van der Waals surface area (Å²) in [6, 6.07) is 12.4. The van der Waals surface area contributed by atoms with Gasteiger partial charge in [-0.15, -0.1) is 0 Å². The second-order valence-electron chi connectivity index (χ2n) is 42.4. The summed E-state index contributed by atoms with van der Waals surface area (Å²) < 4.78 is 24.2. The molecule has 0 amide bonds. The van der Waals surface area contributed by atoms with Crippen molar-refractivity contribution in [2.24, 2.45) is 59.2 Å². The van der Waals surface area contributed by atoms with Gasteiger partial charge in [-0.1, -0.05) is 27.7 Å². The van der Waals surface area contributed by atoms with Gasteiger partial charge in [0.1, 0.15) is 0 Å². The van der Waals surface area contributed by atoms with Crippen LogP contribution in [0.25, 0.3) is 0 Å². The molecule has 0 aliphatic heterocycles. The van der Waals surface area contributed by atoms with Gasteiger partial charge in [0, 0.05) is 164 Å². The molecular weight excluding hydrogens is 1380 g/mol. The first-order chi connectivity index (χ1) is 54.2. The van der Waals surface area contributed by atoms with Crippen LogP contribution in [0.3, 0.4) is 0 Å². The van der Waals surface area contributed by atoms with E-state index >= 15 is 0 Å². The highest BCUT2D eigenvalue weighted by molar-refractivity contribution is 5.05. The van der Waals surface area contributed by atoms with Gasteiger partial charge in [-0.25, -0.2) is 0 Å². The predicted molar refractivity (Wildman–Crippen MR) is 453 cm³/mol. The highest BCUT2D eigenvalue weighted by Gasteiger charge is 2.50. The van der Waals surface area contributed by atoms with Crippen molar-refractivity contribution in [3.63, 3.8) is 0 Å². The van der Waals surface area contributed by atoms with Gasteiger partial charge in [-0.3, -0.25) is 29.4 Å². The average Bonchev–Trinajstić information content (AvgIpc) is 0.789. The number of aliphatic hydroxyl groups is 4. The van der Waals surface area contributed by atoms with Crippen LogP contribution in [0.5, 0.6) is 0 Å². The van der Waals surface area contributed by atoms with E-state index in [2.05, 4.69) is 57.1 Å². The molecule has 111 heavy (non-hydrogen) atoms. The molecule has 14 nitrogen and oxygen atoms in total. The fraction of sp³-hybridized carbons (Fsp3) is 1.00. The summed E-state index contributed by atoms with van der Waals surface area (Å²) in [7, 11) is 7.81. The van der Waals surface area contributed by atoms with E-state index in [1.54, 1.807) is 0 Å². The number of rotatable bonds is 28. The van der Waals surface area contributed by atoms with Crippen LogP contribution in [0, 0.1) is 59.2 Å². The molecule has 0 aromatic heterocycles. The number of aliphatic hydroxyl groups excluding tert-OH is 4. The van der Waals surface area contributed by atoms with Gasteiger partial charge >= 0.3 is 0 Å². The van der Waals surface area contributed by atoms with Gasteiger partial charge in [0.15, 0.2) is 0 Å². The van der Waals surface area contributed by atoms with Gasteiger partial charge in [0.25, 0.3) is 0 Å². The van der Waals surface area contributed by atoms with Crippen LogP contribution in [-0.4, -0.2) is 238 Å². The Morgan fingerprint density at radius 1 is 0.198 bits per heavy atom. The quantitative estimate of drug-likeness (QED) is 0.0591. The van der Waals surface area contributed by atoms with Crippen molar-refractivity contribution in [3.8, 4) is 0 Å². The lowest BCUT2D eigenvalue weighted by atomic mass is 9.73. The number of nitrogens with zero attached hydrogens (tertiary/aromatic N) is 6. The Hall–Kier alpha value is -0.560. The first-order valence-corrected chi connectivity index (χ1v) is 49.4. The van der Waals surface area contributed by atoms with Crippen LogP contribution >= 0.6 is 0 Å². The Labute approximate surface area is 680 Å². The van der Waals surface area contributed by atoms with Crippen LogP contribution in [0.4, 0.5) is 0 Å². The Kier molecular flexibility index (Phi) is 33.1. The van der Waals surface area contributed by atoms with Gasteiger partial charge in [-0.2, -0.15) is 0 Å². The number of hydrogen-bond donors (Lipinski definition) is 4. The van der Waals surface area contributed by atoms with E-state index in [-0.39, 0.29) is 0 Å². The highest BCUT2D eigenvalue weighted by atomic mass is 16.5. The van der Waals surface area contributed by atoms with Crippen molar-refractivity contribution in [1.82, 2.24) is 29.4 Å². The molecule has 0 spiro atoms. The minimum absolute atomic E-state index is 0.358. The molecule has 14 aliphatic carbocycles. The lowest BCUT2D eigenvalue weighted by Gasteiger charge is -2.54. The van der Waals surface area contributed by atoms with Crippen molar-refractivity contribution >= 4 is 0 Å². The molecule has 0 saturated heterocycles. The van der Waals surface area contributed by atoms with Crippen LogP contribution < -0.4 is 0 Å². The second kappa shape index (κ2) is 42.3. The summed E-state index contributed by atoms with van der Waals surface area (Å²) in [5.74, 6) is 6.12. The molecule has 14 fully saturated rings. The van der Waals surface area contributed by atoms with Crippen molar-refractivity contribution < 1.29 is 39.4 Å². The number of ether oxygens (including phenoxy) is 4. The van der Waals surface area contributed by atoms with E-state index in [1.165, 1.54) is 340 Å². The minimum Gasteiger partial charge on any atom is -0.396 e. The molecule has 12 unspecified atom stereocenters. The topological polar surface area (TPSA) is 137 Å². The third kappa shape index (κ3) is 21.3. The number of methoxy groups -OCH3 is 4. The Morgan fingerprint density at radius 2 is 0.387 bits per heavy atom. The fourth-order valence-electron chi connectivity index (χ4n) is 30.1. The lowest BCUT2D eigenvalue weighted by molar-refractivity contribution is -0.0589. The van der Waals surface area contributed by atoms with E-state index in [9.17, 15) is 20.4 Å². The summed E-state index contributed by atoms with van der Waals surface area (Å²) in [6.07, 6.45) is 71.4. The monoisotopic (exact) mass is 1550 g/mol. The SMILES string of the molecule is COC1CCC(N(C2CCC(N(C3CCC(CC4CCC(N(C5CCC(N(C6CCC(CO)CC6)C6CCC(OC)C(C)C6)CC5)C5CCC(N(C6CCC(CO)CC6)C6CCC(OC)C(C)C6)CC5)CC4)CC3)C3CCC(N(C4CCC(OC)CC4)C4CCC(CO)C(C)C4)CC3)CC2)C2CCC(CO)C(C)C2)CC1. The molecule has 0 radical (unpaired) electrons. The molecule has 4 N–H and O–H groups in total. The van der Waals surface area contributed by atoms with Crippen LogP contribution in [-0.2, 0) is 18.9 Å². The van der Waals surface area contributed by atoms with E-state index in [1.807, 2.05) is 28.4 Å². The molecule has 640 valence electrons. The summed E-state index contributed by atoms with van der Waals surface area (Å²) >= 11 is 0. The average molecular weight is 1550 g/mol. The normalized spacial score (nSPS) is 45.1. The minimum atomic E-state index is 0.358. The van der Waals surface area contributed by atoms with E-state index in [4.69, 9.17) is 18.9 Å². The second-order valence-corrected chi connectivity index (χ2v) is 42.4. The zero-order valence-electron chi connectivity index (χ0n) is 72.9. The molecule has 14 saturated carbocycles. The maximum Gasteiger partial charge on any atom is 0.0598 e. The first kappa shape index (κ1) is 86.8. The Balaban J connectivity index is 0.653. The molecule has 0 aromatic rings. The molecule has 14 rings (SSSR count). The smallest absolute Gasteiger partial charge is 0.0598 e. The molecule has 14 heteroatoms. The third-order valence-corrected chi connectivity index (χ3v) is 36.5. The largest absolute Gasteiger partial charge is 0.396 e. The van der Waals surface area contributed by atoms with Crippen LogP contribution in [0.15, 0.2) is 0 Å². The third-order valence-electron chi connectivity index (χ3n) is 36.5. The molecular formula is C97H174N6O8. The van der Waals surface area contributed by atoms with Crippen molar-refractivity contribution in [1.29, 1.82) is 0 Å². The van der Waals surface area contributed by atoms with Gasteiger partial charge in [0.2, 0.25) is 0 Å². The Bertz CT molecular complexity index is 2280. The lowest BCUT2D eigenvalue weighted by Crippen LogP contribution is -2.58. The standard InChI is InChI=1S/C97H174N6O8/c1-66-57-90(27-17-74(66)64-106)102(88-45-51-94(108-5)52-46-88)86-41-33-82(34-42-86)99(83-35-43-87(44-36-83)103(89-47-53-95(109-6)54-48-89)91-28-18-75(65-107)67(2)58-91)77-21-11-71(12-22-77)61-70-9-19-76(20-10-70)98(80-29-37-84(38-30-80)100(78-23-13-72(62-104)14-24-78)92-49-55-96(110-7)68(3)59-92)81-31-39-85(40-32-81)101(79-25-15-73(63-105)16-26-79)93-50-56-97(111-8)69(4)60-93/h66-97,104-107H,9-65H2,1-8H3. The summed E-state index contributed by atoms with van der Waals surface area (Å²) in [4.78, 5) is 19.4. The molecule has 0 bridgehead atoms. The molecule has 0 heterocycles. The highest BCUT2D eigenvalue weighted by Crippen LogP contribution is 2.50. The summed E-state index contributed by atoms with van der Waals surface area (Å²) in [6.45, 7) is 11.3. The first-order valence-electron chi connectivity index (χ1n) is 49.4. The predicted octanol–water partition coefficient (Wildman–Crippen LogP) is 18.6. The van der Waals surface area contributed by atoms with Crippen LogP contribution in [0.2, 0.25) is 0 Å². The number of hydrogen-bond acceptors (Lipinski definition) is 14. The maximum atomic E-state index is 10.4. The fourth-order valence-corrected chi connectivity index (χ4v) is 30.1. The molecule has 0 aromatic carbocycles. The van der Waals surface area contributed by atoms with Gasteiger partial charge < -0.3 is 39.4 Å². The van der Waals surface area contributed by atoms with E-state index in [0.29, 0.717) is 195 Å². The molecule has 14 aliphatic rings. The van der Waals surface area contributed by atoms with E-state index < -0.39 is 0 Å². The summed E-state index contributed by atoms with van der Waals surface area (Å²) in [5, 5.41) is 41.5. The van der Waals surface area contributed by atoms with Crippen molar-refractivity contribution in [2.45, 2.75) is 501 Å². The zero-order valence-corrected chi connectivity index (χ0v) is 72.9. The van der Waals surface area contributed by atoms with E-state index in [0.717, 1.165) is 23.9 Å². The van der Waals surface area contributed by atoms with Crippen molar-refractivity contribution in [3.05, 3.63) is 0 Å². The Morgan fingerprint density at radius 3 is 0.586 bits per heavy atom. The summed E-state index contributed by atoms with van der Waals surface area (Å²) in [5.41, 5.74) is 0. The van der Waals surface area contributed by atoms with Crippen LogP contribution in [0.1, 0.15) is 368 Å². The van der Waals surface area contributed by atoms with Crippen molar-refractivity contribution in [2.75, 3.05) is 54.9 Å². The molecule has 12 atom stereocenters. The van der Waals surface area contributed by atoms with Gasteiger partial charge in [0.05, 0.1) is 24.4 Å². The van der Waals surface area contributed by atoms with Gasteiger partial charge in [-0.05, 0) is 399 Å².